The van der Waals surface area contributed by atoms with Crippen LogP contribution in [0.4, 0.5) is 13.2 Å². The third kappa shape index (κ3) is 5.12. The first kappa shape index (κ1) is 16.5. The fourth-order valence-corrected chi connectivity index (χ4v) is 2.09. The molecule has 0 spiro atoms. The van der Waals surface area contributed by atoms with E-state index in [2.05, 4.69) is 0 Å². The summed E-state index contributed by atoms with van der Waals surface area (Å²) < 4.78 is 36.3. The highest BCUT2D eigenvalue weighted by Crippen LogP contribution is 2.25. The fraction of sp³-hybridized carbons (Fsp3) is 0.900. The second kappa shape index (κ2) is 6.44. The molecule has 7 heteroatoms. The number of hydrogen-bond acceptors (Lipinski definition) is 2. The Morgan fingerprint density at radius 1 is 1.47 bits per heavy atom. The van der Waals surface area contributed by atoms with Gasteiger partial charge < -0.3 is 10.6 Å². The smallest absolute Gasteiger partial charge is 0.338 e. The Morgan fingerprint density at radius 3 is 2.53 bits per heavy atom. The van der Waals surface area contributed by atoms with Gasteiger partial charge in [-0.1, -0.05) is 0 Å². The molecule has 1 aliphatic heterocycles. The highest BCUT2D eigenvalue weighted by molar-refractivity contribution is 5.85. The standard InChI is InChI=1S/C10H17F3N2O.ClH/c1-7(14)8-4-2-3-5-15(8)9(16)6-10(11,12)13;/h7-8H,2-6,14H2,1H3;1H. The summed E-state index contributed by atoms with van der Waals surface area (Å²) in [7, 11) is 0. The molecule has 1 heterocycles. The van der Waals surface area contributed by atoms with E-state index in [1.54, 1.807) is 6.92 Å². The Bertz CT molecular complexity index is 258. The van der Waals surface area contributed by atoms with Crippen LogP contribution >= 0.6 is 12.4 Å². The highest BCUT2D eigenvalue weighted by Gasteiger charge is 2.37. The lowest BCUT2D eigenvalue weighted by Crippen LogP contribution is -2.52. The molecule has 1 fully saturated rings. The molecule has 17 heavy (non-hydrogen) atoms. The Kier molecular flexibility index (Phi) is 6.26. The van der Waals surface area contributed by atoms with Crippen LogP contribution in [0, 0.1) is 0 Å². The van der Waals surface area contributed by atoms with Gasteiger partial charge >= 0.3 is 6.18 Å². The first-order chi connectivity index (χ1) is 7.31. The van der Waals surface area contributed by atoms with Crippen LogP contribution in [0.2, 0.25) is 0 Å². The number of hydrogen-bond donors (Lipinski definition) is 1. The van der Waals surface area contributed by atoms with Crippen molar-refractivity contribution in [3.05, 3.63) is 0 Å². The van der Waals surface area contributed by atoms with E-state index in [1.165, 1.54) is 4.90 Å². The van der Waals surface area contributed by atoms with Gasteiger partial charge in [-0.2, -0.15) is 13.2 Å². The van der Waals surface area contributed by atoms with Gasteiger partial charge in [-0.15, -0.1) is 12.4 Å². The molecule has 1 saturated heterocycles. The van der Waals surface area contributed by atoms with E-state index in [1.807, 2.05) is 0 Å². The number of rotatable bonds is 2. The van der Waals surface area contributed by atoms with E-state index in [-0.39, 0.29) is 24.5 Å². The average Bonchev–Trinajstić information content (AvgIpc) is 2.15. The number of nitrogens with zero attached hydrogens (tertiary/aromatic N) is 1. The van der Waals surface area contributed by atoms with Gasteiger partial charge in [-0.25, -0.2) is 0 Å². The SMILES string of the molecule is CC(N)C1CCCCN1C(=O)CC(F)(F)F.Cl. The zero-order valence-corrected chi connectivity index (χ0v) is 10.5. The molecule has 2 N–H and O–H groups in total. The number of nitrogens with two attached hydrogens (primary N) is 1. The second-order valence-corrected chi connectivity index (χ2v) is 4.30. The van der Waals surface area contributed by atoms with E-state index in [0.29, 0.717) is 13.0 Å². The number of carbonyl (C=O) groups is 1. The molecule has 0 bridgehead atoms. The van der Waals surface area contributed by atoms with E-state index in [4.69, 9.17) is 5.73 Å². The Labute approximate surface area is 105 Å². The molecular weight excluding hydrogens is 257 g/mol. The number of carbonyl (C=O) groups excluding carboxylic acids is 1. The maximum absolute atomic E-state index is 12.1. The van der Waals surface area contributed by atoms with E-state index in [9.17, 15) is 18.0 Å². The summed E-state index contributed by atoms with van der Waals surface area (Å²) in [5, 5.41) is 0. The lowest BCUT2D eigenvalue weighted by atomic mass is 9.96. The first-order valence-electron chi connectivity index (χ1n) is 5.43. The van der Waals surface area contributed by atoms with E-state index < -0.39 is 18.5 Å². The topological polar surface area (TPSA) is 46.3 Å². The molecule has 1 amide bonds. The van der Waals surface area contributed by atoms with Gasteiger partial charge in [0.2, 0.25) is 5.91 Å². The average molecular weight is 275 g/mol. The fourth-order valence-electron chi connectivity index (χ4n) is 2.09. The quantitative estimate of drug-likeness (QED) is 0.838. The summed E-state index contributed by atoms with van der Waals surface area (Å²) in [6.07, 6.45) is -3.44. The van der Waals surface area contributed by atoms with Crippen LogP contribution in [0.3, 0.4) is 0 Å². The third-order valence-electron chi connectivity index (χ3n) is 2.83. The van der Waals surface area contributed by atoms with Crippen LogP contribution < -0.4 is 5.73 Å². The summed E-state index contributed by atoms with van der Waals surface area (Å²) in [5.74, 6) is -0.852. The molecule has 1 rings (SSSR count). The molecule has 0 aromatic carbocycles. The van der Waals surface area contributed by atoms with E-state index >= 15 is 0 Å². The van der Waals surface area contributed by atoms with Gasteiger partial charge in [0, 0.05) is 18.6 Å². The molecule has 102 valence electrons. The van der Waals surface area contributed by atoms with Crippen molar-refractivity contribution in [2.45, 2.75) is 50.9 Å². The van der Waals surface area contributed by atoms with Crippen molar-refractivity contribution in [3.8, 4) is 0 Å². The van der Waals surface area contributed by atoms with Crippen LogP contribution in [0.5, 0.6) is 0 Å². The third-order valence-corrected chi connectivity index (χ3v) is 2.83. The van der Waals surface area contributed by atoms with Crippen molar-refractivity contribution in [1.29, 1.82) is 0 Å². The van der Waals surface area contributed by atoms with Crippen molar-refractivity contribution in [2.24, 2.45) is 5.73 Å². The largest absolute Gasteiger partial charge is 0.397 e. The summed E-state index contributed by atoms with van der Waals surface area (Å²) in [6.45, 7) is 2.12. The van der Waals surface area contributed by atoms with E-state index in [0.717, 1.165) is 12.8 Å². The van der Waals surface area contributed by atoms with Crippen LogP contribution in [0.15, 0.2) is 0 Å². The lowest BCUT2D eigenvalue weighted by Gasteiger charge is -2.38. The van der Waals surface area contributed by atoms with Gasteiger partial charge in [0.25, 0.3) is 0 Å². The van der Waals surface area contributed by atoms with Gasteiger partial charge in [0.15, 0.2) is 0 Å². The van der Waals surface area contributed by atoms with Crippen molar-refractivity contribution in [2.75, 3.05) is 6.54 Å². The summed E-state index contributed by atoms with van der Waals surface area (Å²) in [6, 6.07) is -0.527. The van der Waals surface area contributed by atoms with Crippen LogP contribution in [0.1, 0.15) is 32.6 Å². The molecular formula is C10H18ClF3N2O. The van der Waals surface area contributed by atoms with Gasteiger partial charge in [0.1, 0.15) is 6.42 Å². The molecule has 0 aliphatic carbocycles. The molecule has 0 aromatic rings. The summed E-state index contributed by atoms with van der Waals surface area (Å²) in [4.78, 5) is 12.8. The zero-order valence-electron chi connectivity index (χ0n) is 9.67. The van der Waals surface area contributed by atoms with Crippen LogP contribution in [-0.2, 0) is 4.79 Å². The molecule has 3 nitrogen and oxygen atoms in total. The lowest BCUT2D eigenvalue weighted by molar-refractivity contribution is -0.164. The van der Waals surface area contributed by atoms with Crippen molar-refractivity contribution >= 4 is 18.3 Å². The summed E-state index contributed by atoms with van der Waals surface area (Å²) >= 11 is 0. The predicted octanol–water partition coefficient (Wildman–Crippen LogP) is 2.09. The number of alkyl halides is 3. The summed E-state index contributed by atoms with van der Waals surface area (Å²) in [5.41, 5.74) is 5.68. The van der Waals surface area contributed by atoms with Gasteiger partial charge in [-0.3, -0.25) is 4.79 Å². The maximum Gasteiger partial charge on any atom is 0.397 e. The minimum Gasteiger partial charge on any atom is -0.338 e. The highest BCUT2D eigenvalue weighted by atomic mass is 35.5. The van der Waals surface area contributed by atoms with Crippen molar-refractivity contribution < 1.29 is 18.0 Å². The van der Waals surface area contributed by atoms with Crippen molar-refractivity contribution in [1.82, 2.24) is 4.90 Å². The number of halogens is 4. The number of piperidine rings is 1. The molecule has 0 radical (unpaired) electrons. The predicted molar refractivity (Wildman–Crippen MR) is 60.9 cm³/mol. The van der Waals surface area contributed by atoms with Crippen LogP contribution in [0.25, 0.3) is 0 Å². The maximum atomic E-state index is 12.1. The van der Waals surface area contributed by atoms with Gasteiger partial charge in [0.05, 0.1) is 0 Å². The van der Waals surface area contributed by atoms with Gasteiger partial charge in [-0.05, 0) is 26.2 Å². The number of likely N-dealkylation sites (tertiary alicyclic amines) is 1. The molecule has 2 atom stereocenters. The minimum atomic E-state index is -4.43. The molecule has 2 unspecified atom stereocenters. The second-order valence-electron chi connectivity index (χ2n) is 4.30. The Hall–Kier alpha value is -0.490. The number of amides is 1. The Balaban J connectivity index is 0.00000256. The Morgan fingerprint density at radius 2 is 2.06 bits per heavy atom. The molecule has 0 aromatic heterocycles. The van der Waals surface area contributed by atoms with Crippen LogP contribution in [-0.4, -0.2) is 35.6 Å². The molecule has 1 aliphatic rings. The first-order valence-corrected chi connectivity index (χ1v) is 5.43. The normalized spacial score (nSPS) is 22.9. The minimum absolute atomic E-state index is 0. The monoisotopic (exact) mass is 274 g/mol. The zero-order chi connectivity index (χ0) is 12.3. The molecule has 0 saturated carbocycles. The van der Waals surface area contributed by atoms with Crippen molar-refractivity contribution in [3.63, 3.8) is 0 Å².